The minimum Gasteiger partial charge on any atom is -0.870 e. The predicted octanol–water partition coefficient (Wildman–Crippen LogP) is 6.12. The molecule has 0 atom stereocenters. The molecule has 2 aliphatic carbocycles. The van der Waals surface area contributed by atoms with Gasteiger partial charge in [0.05, 0.1) is 5.82 Å². The van der Waals surface area contributed by atoms with Crippen LogP contribution in [0.15, 0.2) is 70.0 Å². The van der Waals surface area contributed by atoms with Crippen LogP contribution in [0.4, 0.5) is 20.4 Å². The van der Waals surface area contributed by atoms with Gasteiger partial charge in [-0.1, -0.05) is 51.9 Å². The molecule has 0 spiro atoms. The van der Waals surface area contributed by atoms with E-state index in [1.165, 1.54) is 12.1 Å². The number of Topliss-reactive ketones (excluding diaryl/α,β-unsaturated/α-hetero) is 1. The molecule has 2 aliphatic rings. The summed E-state index contributed by atoms with van der Waals surface area (Å²) in [7, 11) is 0. The predicted molar refractivity (Wildman–Crippen MR) is 252 cm³/mol. The summed E-state index contributed by atoms with van der Waals surface area (Å²) in [5.74, 6) is 0.883. The number of rotatable bonds is 12. The topological polar surface area (TPSA) is 252 Å². The second-order valence-corrected chi connectivity index (χ2v) is 18.5. The Morgan fingerprint density at radius 3 is 1.58 bits per heavy atom. The summed E-state index contributed by atoms with van der Waals surface area (Å²) < 4.78 is 39.3. The van der Waals surface area contributed by atoms with E-state index in [1.807, 2.05) is 55.4 Å². The zero-order valence-electron chi connectivity index (χ0n) is 40.2. The number of halogens is 3. The van der Waals surface area contributed by atoms with E-state index in [4.69, 9.17) is 14.8 Å². The molecular weight excluding hydrogens is 939 g/mol. The second-order valence-electron chi connectivity index (χ2n) is 18.5. The SMILES string of the molecule is CC(C)(C)c1nc([C-]=O)no1.Cc1cc(-c2ccnc(NC(=O)C3CC3)c2)c(F)cc1CCC(=O)c1noc(C(C)(C)C)n1.Cc1cc(-c2ccnc(NC(=O)C3CC3)c2)c(F)cc1CN.Cl.[K+].[OH-]. The van der Waals surface area contributed by atoms with Gasteiger partial charge in [-0.2, -0.15) is 11.3 Å². The Bertz CT molecular complexity index is 2750. The number of ketones is 1. The number of aryl methyl sites for hydroxylation is 3. The third-order valence-corrected chi connectivity index (χ3v) is 10.7. The fourth-order valence-corrected chi connectivity index (χ4v) is 6.43. The number of carbonyl (C=O) groups is 3. The summed E-state index contributed by atoms with van der Waals surface area (Å²) in [6.45, 7) is 15.6. The monoisotopic (exact) mass is 994 g/mol. The molecule has 20 heteroatoms. The number of hydrogen-bond acceptors (Lipinski definition) is 14. The number of nitrogens with two attached hydrogens (primary N) is 1. The number of carbonyl (C=O) groups excluding carboxylic acids is 4. The van der Waals surface area contributed by atoms with Crippen LogP contribution in [0.2, 0.25) is 0 Å². The zero-order chi connectivity index (χ0) is 47.9. The van der Waals surface area contributed by atoms with Gasteiger partial charge in [-0.3, -0.25) is 14.4 Å². The molecule has 0 radical (unpaired) electrons. The van der Waals surface area contributed by atoms with Crippen LogP contribution in [0.1, 0.15) is 124 Å². The number of pyridine rings is 2. The molecule has 0 unspecified atom stereocenters. The standard InChI is InChI=1S/C25H27FN4O3.C17H18FN3O.C7H9N2O2.ClH.K.H2O/c1-14-11-18(17-9-10-27-21(13-17)28-23(32)15-5-6-15)19(26)12-16(14)7-8-20(31)22-29-24(33-30-22)25(2,3)4;1-10-6-14(15(18)7-13(10)9-19)12-4-5-20-16(8-12)21-17(22)11-2-3-11;1-7(2,3)6-8-5(4-10)9-11-6;;;/h9-13,15H,5-8H2,1-4H3,(H,27,28,32);4-8,11H,2-3,9,19H2,1H3,(H,20,21,22);1-3H3;1H;;1H2/q;;-1;;+1;/p-1. The number of hydrogen-bond donors (Lipinski definition) is 3. The molecule has 6 aromatic rings. The molecule has 2 aromatic carbocycles. The smallest absolute Gasteiger partial charge is 0.870 e. The number of benzene rings is 2. The van der Waals surface area contributed by atoms with Gasteiger partial charge in [0.1, 0.15) is 23.3 Å². The van der Waals surface area contributed by atoms with Crippen LogP contribution in [-0.4, -0.2) is 59.6 Å². The molecule has 2 fully saturated rings. The first-order valence-corrected chi connectivity index (χ1v) is 21.7. The fraction of sp³-hybridized carbons (Fsp3) is 0.388. The van der Waals surface area contributed by atoms with Crippen LogP contribution in [0.25, 0.3) is 22.3 Å². The van der Waals surface area contributed by atoms with E-state index < -0.39 is 5.82 Å². The van der Waals surface area contributed by atoms with E-state index in [1.54, 1.807) is 55.1 Å². The van der Waals surface area contributed by atoms with Crippen molar-refractivity contribution in [2.24, 2.45) is 17.6 Å². The van der Waals surface area contributed by atoms with Crippen LogP contribution >= 0.6 is 12.4 Å². The first-order chi connectivity index (χ1) is 31.2. The van der Waals surface area contributed by atoms with Crippen molar-refractivity contribution >= 4 is 47.9 Å². The molecule has 362 valence electrons. The molecule has 4 heterocycles. The third kappa shape index (κ3) is 16.3. The van der Waals surface area contributed by atoms with Crippen LogP contribution in [0.5, 0.6) is 0 Å². The van der Waals surface area contributed by atoms with E-state index in [0.29, 0.717) is 58.6 Å². The van der Waals surface area contributed by atoms with E-state index in [-0.39, 0.29) is 133 Å². The van der Waals surface area contributed by atoms with Crippen LogP contribution in [-0.2, 0) is 38.2 Å². The van der Waals surface area contributed by atoms with Crippen molar-refractivity contribution in [3.05, 3.63) is 118 Å². The van der Waals surface area contributed by atoms with Crippen molar-refractivity contribution in [2.75, 3.05) is 10.6 Å². The van der Waals surface area contributed by atoms with Gasteiger partial charge in [-0.15, -0.1) is 12.4 Å². The Hall–Kier alpha value is -4.99. The minimum atomic E-state index is -0.400. The molecule has 69 heavy (non-hydrogen) atoms. The van der Waals surface area contributed by atoms with Gasteiger partial charge < -0.3 is 35.7 Å². The Morgan fingerprint density at radius 2 is 1.17 bits per heavy atom. The number of nitrogens with zero attached hydrogens (tertiary/aromatic N) is 6. The summed E-state index contributed by atoms with van der Waals surface area (Å²) in [6, 6.07) is 13.3. The van der Waals surface area contributed by atoms with Gasteiger partial charge in [-0.25, -0.2) is 23.7 Å². The molecule has 4 aromatic heterocycles. The molecule has 0 aliphatic heterocycles. The van der Waals surface area contributed by atoms with E-state index in [0.717, 1.165) is 47.9 Å². The quantitative estimate of drug-likeness (QED) is 0.0710. The molecule has 5 N–H and O–H groups in total. The number of anilines is 2. The Balaban J connectivity index is 0.000000302. The average molecular weight is 996 g/mol. The zero-order valence-corrected chi connectivity index (χ0v) is 44.1. The molecule has 0 bridgehead atoms. The van der Waals surface area contributed by atoms with Crippen LogP contribution < -0.4 is 67.8 Å². The molecule has 0 saturated heterocycles. The van der Waals surface area contributed by atoms with Gasteiger partial charge in [0.15, 0.2) is 0 Å². The maximum atomic E-state index is 15.0. The first kappa shape index (κ1) is 58.3. The molecular formula is C49H56ClF2KN9O7-. The van der Waals surface area contributed by atoms with Gasteiger partial charge in [0.2, 0.25) is 35.2 Å². The second kappa shape index (κ2) is 25.2. The van der Waals surface area contributed by atoms with Crippen molar-refractivity contribution in [3.63, 3.8) is 0 Å². The van der Waals surface area contributed by atoms with Gasteiger partial charge in [0.25, 0.3) is 0 Å². The number of aromatic nitrogens is 6. The number of amides is 2. The van der Waals surface area contributed by atoms with Gasteiger partial charge >= 0.3 is 51.4 Å². The van der Waals surface area contributed by atoms with E-state index in [9.17, 15) is 28.0 Å². The van der Waals surface area contributed by atoms with Crippen LogP contribution in [0.3, 0.4) is 0 Å². The summed E-state index contributed by atoms with van der Waals surface area (Å²) >= 11 is 0. The van der Waals surface area contributed by atoms with Gasteiger partial charge in [-0.05, 0) is 128 Å². The van der Waals surface area contributed by atoms with Crippen molar-refractivity contribution < 1.29 is 93.9 Å². The Kier molecular flexibility index (Phi) is 21.3. The van der Waals surface area contributed by atoms with Crippen LogP contribution in [0, 0.1) is 37.3 Å². The molecule has 2 amide bonds. The normalized spacial score (nSPS) is 12.9. The first-order valence-electron chi connectivity index (χ1n) is 21.7. The molecule has 2 saturated carbocycles. The van der Waals surface area contributed by atoms with Crippen molar-refractivity contribution in [2.45, 2.75) is 111 Å². The van der Waals surface area contributed by atoms with E-state index in [2.05, 4.69) is 40.9 Å². The molecule has 16 nitrogen and oxygen atoms in total. The summed E-state index contributed by atoms with van der Waals surface area (Å²) in [6.07, 6.45) is 8.84. The number of nitrogens with one attached hydrogen (secondary N) is 2. The Morgan fingerprint density at radius 1 is 0.725 bits per heavy atom. The summed E-state index contributed by atoms with van der Waals surface area (Å²) in [5.41, 5.74) is 10.6. The maximum absolute atomic E-state index is 15.0. The van der Waals surface area contributed by atoms with Crippen molar-refractivity contribution in [3.8, 4) is 22.3 Å². The van der Waals surface area contributed by atoms with Crippen molar-refractivity contribution in [1.82, 2.24) is 30.2 Å². The van der Waals surface area contributed by atoms with E-state index >= 15 is 0 Å². The minimum absolute atomic E-state index is 0. The molecule has 8 rings (SSSR count). The average Bonchev–Trinajstić information content (AvgIpc) is 4.20. The largest absolute Gasteiger partial charge is 1.00 e. The Labute approximate surface area is 448 Å². The maximum Gasteiger partial charge on any atom is 1.00 e. The van der Waals surface area contributed by atoms with Crippen molar-refractivity contribution in [1.29, 1.82) is 0 Å². The summed E-state index contributed by atoms with van der Waals surface area (Å²) in [4.78, 5) is 62.6. The third-order valence-electron chi connectivity index (χ3n) is 10.7. The summed E-state index contributed by atoms with van der Waals surface area (Å²) in [5, 5.41) is 12.7. The fourth-order valence-electron chi connectivity index (χ4n) is 6.43. The van der Waals surface area contributed by atoms with Gasteiger partial charge in [0, 0.05) is 59.2 Å².